The molecule has 33 heavy (non-hydrogen) atoms. The molecule has 0 unspecified atom stereocenters. The Morgan fingerprint density at radius 3 is 2.55 bits per heavy atom. The van der Waals surface area contributed by atoms with Gasteiger partial charge in [-0.15, -0.1) is 0 Å². The van der Waals surface area contributed by atoms with E-state index in [4.69, 9.17) is 38.6 Å². The molecule has 0 bridgehead atoms. The van der Waals surface area contributed by atoms with E-state index in [-0.39, 0.29) is 35.0 Å². The molecule has 2 rings (SSSR count). The number of aliphatic carboxylic acids is 1. The number of nitrogens with zero attached hydrogens (tertiary/aromatic N) is 3. The van der Waals surface area contributed by atoms with Gasteiger partial charge in [0.25, 0.3) is 5.91 Å². The van der Waals surface area contributed by atoms with Crippen molar-refractivity contribution in [3.8, 4) is 5.75 Å². The van der Waals surface area contributed by atoms with Crippen molar-refractivity contribution in [2.75, 3.05) is 37.7 Å². The summed E-state index contributed by atoms with van der Waals surface area (Å²) in [6.07, 6.45) is 2.48. The zero-order chi connectivity index (χ0) is 24.2. The average Bonchev–Trinajstić information content (AvgIpc) is 2.76. The molecular weight excluding hydrogens is 452 g/mol. The molecule has 1 heterocycles. The topological polar surface area (TPSA) is 204 Å². The number of unbranched alkanes of at least 4 members (excludes halogenated alkanes) is 1. The van der Waals surface area contributed by atoms with Gasteiger partial charge in [-0.25, -0.2) is 9.97 Å². The summed E-state index contributed by atoms with van der Waals surface area (Å²) < 4.78 is 5.54. The molecule has 0 fully saturated rings. The van der Waals surface area contributed by atoms with Crippen LogP contribution in [0.1, 0.15) is 28.9 Å². The fourth-order valence-electron chi connectivity index (χ4n) is 2.65. The van der Waals surface area contributed by atoms with Crippen molar-refractivity contribution in [3.63, 3.8) is 0 Å². The SMILES string of the molecule is NC(=NCCCCc1ccc(OCCNCC(=O)O)cc1)NC(=O)c1nc(Cl)c(N)nc1N. The summed E-state index contributed by atoms with van der Waals surface area (Å²) in [6, 6.07) is 7.69. The van der Waals surface area contributed by atoms with Crippen LogP contribution in [0.5, 0.6) is 5.75 Å². The lowest BCUT2D eigenvalue weighted by Gasteiger charge is -2.08. The monoisotopic (exact) mass is 478 g/mol. The smallest absolute Gasteiger partial charge is 0.317 e. The van der Waals surface area contributed by atoms with E-state index in [1.807, 2.05) is 24.3 Å². The molecule has 0 saturated heterocycles. The number of hydrogen-bond donors (Lipinski definition) is 6. The fourth-order valence-corrected chi connectivity index (χ4v) is 2.78. The van der Waals surface area contributed by atoms with E-state index in [1.165, 1.54) is 0 Å². The van der Waals surface area contributed by atoms with E-state index in [0.29, 0.717) is 19.7 Å². The maximum Gasteiger partial charge on any atom is 0.317 e. The Balaban J connectivity index is 1.67. The Morgan fingerprint density at radius 2 is 1.85 bits per heavy atom. The van der Waals surface area contributed by atoms with Crippen molar-refractivity contribution < 1.29 is 19.4 Å². The first-order valence-corrected chi connectivity index (χ1v) is 10.5. The average molecular weight is 479 g/mol. The van der Waals surface area contributed by atoms with E-state index in [9.17, 15) is 9.59 Å². The number of aromatic nitrogens is 2. The van der Waals surface area contributed by atoms with Gasteiger partial charge in [0.2, 0.25) is 0 Å². The number of rotatable bonds is 12. The van der Waals surface area contributed by atoms with Gasteiger partial charge in [0.05, 0.1) is 6.54 Å². The van der Waals surface area contributed by atoms with Gasteiger partial charge in [0, 0.05) is 13.1 Å². The summed E-state index contributed by atoms with van der Waals surface area (Å²) >= 11 is 5.76. The molecule has 0 atom stereocenters. The van der Waals surface area contributed by atoms with Gasteiger partial charge in [-0.3, -0.25) is 19.9 Å². The quantitative estimate of drug-likeness (QED) is 0.141. The van der Waals surface area contributed by atoms with Crippen LogP contribution in [0, 0.1) is 0 Å². The maximum atomic E-state index is 12.2. The third kappa shape index (κ3) is 9.17. The summed E-state index contributed by atoms with van der Waals surface area (Å²) in [5.41, 5.74) is 17.8. The Labute approximate surface area is 195 Å². The van der Waals surface area contributed by atoms with Gasteiger partial charge in [-0.1, -0.05) is 23.7 Å². The highest BCUT2D eigenvalue weighted by Crippen LogP contribution is 2.17. The van der Waals surface area contributed by atoms with Gasteiger partial charge < -0.3 is 32.4 Å². The number of carboxylic acids is 1. The zero-order valence-electron chi connectivity index (χ0n) is 17.9. The second kappa shape index (κ2) is 13.0. The molecule has 2 aromatic rings. The number of anilines is 2. The third-order valence-electron chi connectivity index (χ3n) is 4.26. The molecule has 0 aliphatic carbocycles. The minimum atomic E-state index is -0.902. The molecule has 0 radical (unpaired) electrons. The Bertz CT molecular complexity index is 985. The molecule has 0 spiro atoms. The number of halogens is 1. The second-order valence-corrected chi connectivity index (χ2v) is 7.23. The highest BCUT2D eigenvalue weighted by molar-refractivity contribution is 6.31. The number of guanidine groups is 1. The number of nitrogens with two attached hydrogens (primary N) is 3. The van der Waals surface area contributed by atoms with Crippen LogP contribution in [-0.2, 0) is 11.2 Å². The fraction of sp³-hybridized carbons (Fsp3) is 0.350. The highest BCUT2D eigenvalue weighted by atomic mass is 35.5. The van der Waals surface area contributed by atoms with Gasteiger partial charge in [0.15, 0.2) is 28.4 Å². The van der Waals surface area contributed by atoms with Crippen molar-refractivity contribution in [1.82, 2.24) is 20.6 Å². The van der Waals surface area contributed by atoms with Gasteiger partial charge in [0.1, 0.15) is 12.4 Å². The van der Waals surface area contributed by atoms with Crippen LogP contribution in [-0.4, -0.2) is 59.2 Å². The minimum Gasteiger partial charge on any atom is -0.492 e. The molecule has 178 valence electrons. The normalized spacial score (nSPS) is 11.2. The van der Waals surface area contributed by atoms with E-state index in [1.54, 1.807) is 0 Å². The largest absolute Gasteiger partial charge is 0.492 e. The number of nitrogens with one attached hydrogen (secondary N) is 2. The number of carboxylic acid groups (broad SMARTS) is 1. The van der Waals surface area contributed by atoms with Crippen LogP contribution in [0.15, 0.2) is 29.3 Å². The molecule has 1 amide bonds. The molecular formula is C20H27ClN8O4. The predicted octanol–water partition coefficient (Wildman–Crippen LogP) is 0.415. The first-order valence-electron chi connectivity index (χ1n) is 10.1. The summed E-state index contributed by atoms with van der Waals surface area (Å²) in [4.78, 5) is 34.2. The van der Waals surface area contributed by atoms with Crippen LogP contribution in [0.25, 0.3) is 0 Å². The lowest BCUT2D eigenvalue weighted by Crippen LogP contribution is -2.38. The van der Waals surface area contributed by atoms with Crippen LogP contribution < -0.4 is 32.6 Å². The van der Waals surface area contributed by atoms with Crippen LogP contribution in [0.3, 0.4) is 0 Å². The zero-order valence-corrected chi connectivity index (χ0v) is 18.6. The molecule has 1 aromatic heterocycles. The van der Waals surface area contributed by atoms with E-state index < -0.39 is 11.9 Å². The number of carbonyl (C=O) groups is 2. The van der Waals surface area contributed by atoms with Crippen LogP contribution >= 0.6 is 11.6 Å². The number of nitrogen functional groups attached to an aromatic ring is 2. The van der Waals surface area contributed by atoms with Crippen molar-refractivity contribution in [2.24, 2.45) is 10.7 Å². The highest BCUT2D eigenvalue weighted by Gasteiger charge is 2.16. The number of ether oxygens (including phenoxy) is 1. The minimum absolute atomic E-state index is 0.0616. The van der Waals surface area contributed by atoms with Crippen LogP contribution in [0.2, 0.25) is 5.15 Å². The number of aliphatic imine (C=N–C) groups is 1. The molecule has 9 N–H and O–H groups in total. The molecule has 1 aromatic carbocycles. The van der Waals surface area contributed by atoms with Crippen LogP contribution in [0.4, 0.5) is 11.6 Å². The van der Waals surface area contributed by atoms with E-state index >= 15 is 0 Å². The molecule has 0 aliphatic heterocycles. The van der Waals surface area contributed by atoms with Gasteiger partial charge in [-0.2, -0.15) is 0 Å². The first kappa shape index (κ1) is 25.6. The lowest BCUT2D eigenvalue weighted by atomic mass is 10.1. The standard InChI is InChI=1S/C20H27ClN8O4/c21-16-18(23)28-17(22)15(27-16)19(32)29-20(24)26-8-2-1-3-12-4-6-13(7-5-12)33-10-9-25-11-14(30)31/h4-7,25H,1-3,8-11H2,(H,30,31)(H4,22,23,28)(H3,24,26,29,32). The molecule has 0 aliphatic rings. The lowest BCUT2D eigenvalue weighted by molar-refractivity contribution is -0.135. The van der Waals surface area contributed by atoms with Crippen molar-refractivity contribution >= 4 is 41.1 Å². The Hall–Kier alpha value is -3.64. The summed E-state index contributed by atoms with van der Waals surface area (Å²) in [5, 5.41) is 13.6. The summed E-state index contributed by atoms with van der Waals surface area (Å²) in [7, 11) is 0. The van der Waals surface area contributed by atoms with Gasteiger partial charge >= 0.3 is 5.97 Å². The van der Waals surface area contributed by atoms with E-state index in [2.05, 4.69) is 25.6 Å². The van der Waals surface area contributed by atoms with Crippen molar-refractivity contribution in [1.29, 1.82) is 0 Å². The molecule has 12 nitrogen and oxygen atoms in total. The molecule has 13 heteroatoms. The number of aryl methyl sites for hydroxylation is 1. The maximum absolute atomic E-state index is 12.2. The summed E-state index contributed by atoms with van der Waals surface area (Å²) in [5.74, 6) is -1.15. The predicted molar refractivity (Wildman–Crippen MR) is 125 cm³/mol. The number of carbonyl (C=O) groups excluding carboxylic acids is 1. The van der Waals surface area contributed by atoms with Crippen molar-refractivity contribution in [2.45, 2.75) is 19.3 Å². The Kier molecular flexibility index (Phi) is 10.1. The molecule has 0 saturated carbocycles. The Morgan fingerprint density at radius 1 is 1.12 bits per heavy atom. The van der Waals surface area contributed by atoms with E-state index in [0.717, 1.165) is 30.6 Å². The number of amides is 1. The van der Waals surface area contributed by atoms with Crippen molar-refractivity contribution in [3.05, 3.63) is 40.7 Å². The number of hydrogen-bond acceptors (Lipinski definition) is 9. The van der Waals surface area contributed by atoms with Gasteiger partial charge in [-0.05, 0) is 37.0 Å². The third-order valence-corrected chi connectivity index (χ3v) is 4.54. The summed E-state index contributed by atoms with van der Waals surface area (Å²) in [6.45, 7) is 1.17. The second-order valence-electron chi connectivity index (χ2n) is 6.87. The number of benzene rings is 1. The first-order chi connectivity index (χ1) is 15.8.